The molecule has 30 heavy (non-hydrogen) atoms. The van der Waals surface area contributed by atoms with E-state index in [1.807, 2.05) is 4.57 Å². The maximum Gasteiger partial charge on any atom is 0.304 e. The van der Waals surface area contributed by atoms with Crippen LogP contribution in [0, 0.1) is 5.82 Å². The Morgan fingerprint density at radius 1 is 1.30 bits per heavy atom. The summed E-state index contributed by atoms with van der Waals surface area (Å²) in [6.07, 6.45) is 1.50. The van der Waals surface area contributed by atoms with Gasteiger partial charge in [-0.15, -0.1) is 0 Å². The number of carbonyl (C=O) groups is 1. The van der Waals surface area contributed by atoms with Gasteiger partial charge in [-0.05, 0) is 41.8 Å². The van der Waals surface area contributed by atoms with Gasteiger partial charge in [0.15, 0.2) is 9.84 Å². The highest BCUT2D eigenvalue weighted by Gasteiger charge is 2.34. The third-order valence-corrected chi connectivity index (χ3v) is 6.91. The summed E-state index contributed by atoms with van der Waals surface area (Å²) in [7, 11) is -3.76. The van der Waals surface area contributed by atoms with Crippen LogP contribution in [0.1, 0.15) is 35.6 Å². The number of carboxylic acids is 1. The molecule has 0 radical (unpaired) electrons. The lowest BCUT2D eigenvalue weighted by Crippen LogP contribution is -2.06. The van der Waals surface area contributed by atoms with Gasteiger partial charge in [0, 0.05) is 40.4 Å². The molecule has 2 aromatic carbocycles. The fourth-order valence-corrected chi connectivity index (χ4v) is 5.35. The van der Waals surface area contributed by atoms with E-state index in [1.165, 1.54) is 6.07 Å². The molecule has 2 heterocycles. The van der Waals surface area contributed by atoms with Gasteiger partial charge in [0.25, 0.3) is 0 Å². The molecule has 4 rings (SSSR count). The van der Waals surface area contributed by atoms with Crippen LogP contribution < -0.4 is 0 Å². The number of benzene rings is 2. The molecule has 0 spiro atoms. The SMILES string of the molecule is C=C(c1ccc(Cl)cc1)c1c2n(c3cc(F)cc(S(C)(=O)=O)c13)CCC2CC(=O)O. The first-order valence-electron chi connectivity index (χ1n) is 9.30. The number of hydrogen-bond donors (Lipinski definition) is 1. The summed E-state index contributed by atoms with van der Waals surface area (Å²) in [5.41, 5.74) is 2.93. The van der Waals surface area contributed by atoms with Gasteiger partial charge in [-0.2, -0.15) is 0 Å². The van der Waals surface area contributed by atoms with Gasteiger partial charge in [-0.25, -0.2) is 12.8 Å². The summed E-state index contributed by atoms with van der Waals surface area (Å²) in [6.45, 7) is 4.67. The molecule has 0 saturated carbocycles. The van der Waals surface area contributed by atoms with Crippen molar-refractivity contribution in [3.63, 3.8) is 0 Å². The molecule has 8 heteroatoms. The zero-order valence-corrected chi connectivity index (χ0v) is 17.7. The summed E-state index contributed by atoms with van der Waals surface area (Å²) < 4.78 is 41.3. The zero-order valence-electron chi connectivity index (χ0n) is 16.2. The third-order valence-electron chi connectivity index (χ3n) is 5.54. The van der Waals surface area contributed by atoms with Gasteiger partial charge < -0.3 is 9.67 Å². The Morgan fingerprint density at radius 2 is 1.97 bits per heavy atom. The minimum atomic E-state index is -3.76. The van der Waals surface area contributed by atoms with Crippen molar-refractivity contribution in [2.75, 3.05) is 6.26 Å². The molecule has 0 fully saturated rings. The number of hydrogen-bond acceptors (Lipinski definition) is 3. The molecular formula is C22H19ClFNO4S. The number of fused-ring (bicyclic) bond motifs is 3. The van der Waals surface area contributed by atoms with Crippen molar-refractivity contribution in [1.82, 2.24) is 4.57 Å². The Bertz CT molecular complexity index is 1310. The van der Waals surface area contributed by atoms with Crippen molar-refractivity contribution in [2.45, 2.75) is 30.2 Å². The predicted octanol–water partition coefficient (Wildman–Crippen LogP) is 4.86. The Kier molecular flexibility index (Phi) is 4.98. The number of aliphatic carboxylic acids is 1. The molecule has 0 bridgehead atoms. The maximum atomic E-state index is 14.4. The van der Waals surface area contributed by atoms with Crippen molar-refractivity contribution in [2.24, 2.45) is 0 Å². The highest BCUT2D eigenvalue weighted by molar-refractivity contribution is 7.91. The van der Waals surface area contributed by atoms with Gasteiger partial charge in [-0.1, -0.05) is 30.3 Å². The number of sulfone groups is 1. The number of carboxylic acid groups (broad SMARTS) is 1. The lowest BCUT2D eigenvalue weighted by atomic mass is 9.90. The second kappa shape index (κ2) is 7.25. The van der Waals surface area contributed by atoms with Crippen LogP contribution in [0.3, 0.4) is 0 Å². The largest absolute Gasteiger partial charge is 0.481 e. The Balaban J connectivity index is 2.09. The topological polar surface area (TPSA) is 76.4 Å². The Labute approximate surface area is 178 Å². The standard InChI is InChI=1S/C22H19ClFNO4S/c1-12(13-3-5-15(23)6-4-13)20-21-17(10-16(24)11-18(21)30(2,28)29)25-8-7-14(22(20)25)9-19(26)27/h3-6,10-11,14H,1,7-9H2,2H3,(H,26,27). The molecule has 5 nitrogen and oxygen atoms in total. The summed E-state index contributed by atoms with van der Waals surface area (Å²) in [6, 6.07) is 9.25. The molecule has 1 aromatic heterocycles. The second-order valence-electron chi connectivity index (χ2n) is 7.55. The van der Waals surface area contributed by atoms with Gasteiger partial charge >= 0.3 is 5.97 Å². The van der Waals surface area contributed by atoms with E-state index in [1.54, 1.807) is 24.3 Å². The minimum absolute atomic E-state index is 0.103. The molecule has 1 atom stereocenters. The number of rotatable bonds is 5. The van der Waals surface area contributed by atoms with Gasteiger partial charge in [0.05, 0.1) is 16.8 Å². The van der Waals surface area contributed by atoms with Crippen molar-refractivity contribution >= 4 is 43.9 Å². The molecular weight excluding hydrogens is 429 g/mol. The van der Waals surface area contributed by atoms with Crippen LogP contribution in [-0.2, 0) is 21.2 Å². The monoisotopic (exact) mass is 447 g/mol. The lowest BCUT2D eigenvalue weighted by Gasteiger charge is -2.14. The molecule has 1 unspecified atom stereocenters. The van der Waals surface area contributed by atoms with Crippen LogP contribution in [0.5, 0.6) is 0 Å². The summed E-state index contributed by atoms with van der Waals surface area (Å²) in [5.74, 6) is -1.94. The fourth-order valence-electron chi connectivity index (χ4n) is 4.31. The number of aryl methyl sites for hydroxylation is 1. The van der Waals surface area contributed by atoms with Gasteiger partial charge in [0.1, 0.15) is 5.82 Å². The van der Waals surface area contributed by atoms with E-state index in [2.05, 4.69) is 6.58 Å². The molecule has 1 N–H and O–H groups in total. The summed E-state index contributed by atoms with van der Waals surface area (Å²) in [5, 5.41) is 10.3. The zero-order chi connectivity index (χ0) is 21.8. The fraction of sp³-hybridized carbons (Fsp3) is 0.227. The van der Waals surface area contributed by atoms with Crippen LogP contribution in [0.2, 0.25) is 5.02 Å². The summed E-state index contributed by atoms with van der Waals surface area (Å²) >= 11 is 5.99. The van der Waals surface area contributed by atoms with E-state index in [4.69, 9.17) is 11.6 Å². The van der Waals surface area contributed by atoms with E-state index in [0.717, 1.165) is 17.9 Å². The van der Waals surface area contributed by atoms with Crippen LogP contribution in [0.4, 0.5) is 4.39 Å². The van der Waals surface area contributed by atoms with Crippen molar-refractivity contribution in [3.8, 4) is 0 Å². The third kappa shape index (κ3) is 3.42. The highest BCUT2D eigenvalue weighted by atomic mass is 35.5. The normalized spacial score (nSPS) is 16.0. The number of halogens is 2. The highest BCUT2D eigenvalue weighted by Crippen LogP contribution is 2.46. The van der Waals surface area contributed by atoms with Crippen molar-refractivity contribution in [1.29, 1.82) is 0 Å². The van der Waals surface area contributed by atoms with Gasteiger partial charge in [0.2, 0.25) is 0 Å². The van der Waals surface area contributed by atoms with Crippen molar-refractivity contribution in [3.05, 3.63) is 70.6 Å². The minimum Gasteiger partial charge on any atom is -0.481 e. The molecule has 0 aliphatic carbocycles. The van der Waals surface area contributed by atoms with Crippen LogP contribution in [0.25, 0.3) is 16.5 Å². The van der Waals surface area contributed by atoms with E-state index in [-0.39, 0.29) is 17.2 Å². The molecule has 3 aromatic rings. The first-order valence-corrected chi connectivity index (χ1v) is 11.6. The summed E-state index contributed by atoms with van der Waals surface area (Å²) in [4.78, 5) is 11.3. The molecule has 156 valence electrons. The molecule has 0 amide bonds. The van der Waals surface area contributed by atoms with Crippen LogP contribution in [-0.4, -0.2) is 30.3 Å². The van der Waals surface area contributed by atoms with E-state index < -0.39 is 21.6 Å². The quantitative estimate of drug-likeness (QED) is 0.606. The Hall–Kier alpha value is -2.64. The first-order chi connectivity index (χ1) is 14.1. The smallest absolute Gasteiger partial charge is 0.304 e. The van der Waals surface area contributed by atoms with Crippen molar-refractivity contribution < 1.29 is 22.7 Å². The predicted molar refractivity (Wildman–Crippen MR) is 114 cm³/mol. The van der Waals surface area contributed by atoms with Crippen LogP contribution in [0.15, 0.2) is 47.9 Å². The molecule has 0 saturated heterocycles. The molecule has 1 aliphatic heterocycles. The molecule has 1 aliphatic rings. The van der Waals surface area contributed by atoms with Gasteiger partial charge in [-0.3, -0.25) is 4.79 Å². The number of aromatic nitrogens is 1. The second-order valence-corrected chi connectivity index (χ2v) is 9.97. The maximum absolute atomic E-state index is 14.4. The average molecular weight is 448 g/mol. The van der Waals surface area contributed by atoms with Crippen LogP contribution >= 0.6 is 11.6 Å². The van der Waals surface area contributed by atoms with E-state index in [0.29, 0.717) is 45.7 Å². The first kappa shape index (κ1) is 20.6. The Morgan fingerprint density at radius 3 is 2.57 bits per heavy atom. The lowest BCUT2D eigenvalue weighted by molar-refractivity contribution is -0.137. The van der Waals surface area contributed by atoms with E-state index >= 15 is 0 Å². The van der Waals surface area contributed by atoms with E-state index in [9.17, 15) is 22.7 Å². The number of nitrogens with zero attached hydrogens (tertiary/aromatic N) is 1. The average Bonchev–Trinajstić information content (AvgIpc) is 3.18.